The van der Waals surface area contributed by atoms with Crippen LogP contribution in [0, 0.1) is 0 Å². The molecule has 5 heteroatoms. The van der Waals surface area contributed by atoms with Crippen LogP contribution in [0.2, 0.25) is 0 Å². The molecule has 5 nitrogen and oxygen atoms in total. The van der Waals surface area contributed by atoms with Crippen LogP contribution < -0.4 is 4.74 Å². The minimum Gasteiger partial charge on any atom is -0.497 e. The number of hydrogen-bond acceptors (Lipinski definition) is 5. The summed E-state index contributed by atoms with van der Waals surface area (Å²) in [5, 5.41) is 7.14. The molecule has 0 radical (unpaired) electrons. The lowest BCUT2D eigenvalue weighted by atomic mass is 10.3. The van der Waals surface area contributed by atoms with Crippen molar-refractivity contribution in [1.82, 2.24) is 15.3 Å². The van der Waals surface area contributed by atoms with Crippen molar-refractivity contribution >= 4 is 0 Å². The van der Waals surface area contributed by atoms with E-state index in [1.54, 1.807) is 25.4 Å². The molecule has 13 heavy (non-hydrogen) atoms. The molecule has 2 aromatic heterocycles. The third kappa shape index (κ3) is 1.48. The lowest BCUT2D eigenvalue weighted by Crippen LogP contribution is -1.86. The van der Waals surface area contributed by atoms with Crippen LogP contribution >= 0.6 is 0 Å². The van der Waals surface area contributed by atoms with Crippen LogP contribution in [0.5, 0.6) is 5.75 Å². The van der Waals surface area contributed by atoms with Gasteiger partial charge in [0.25, 0.3) is 0 Å². The fourth-order valence-electron chi connectivity index (χ4n) is 0.956. The summed E-state index contributed by atoms with van der Waals surface area (Å²) >= 11 is 0. The molecule has 0 N–H and O–H groups in total. The van der Waals surface area contributed by atoms with Gasteiger partial charge in [-0.05, 0) is 11.2 Å². The van der Waals surface area contributed by atoms with E-state index in [9.17, 15) is 0 Å². The van der Waals surface area contributed by atoms with E-state index in [2.05, 4.69) is 19.9 Å². The summed E-state index contributed by atoms with van der Waals surface area (Å²) in [7, 11) is 1.60. The first-order valence-electron chi connectivity index (χ1n) is 3.68. The molecule has 0 spiro atoms. The van der Waals surface area contributed by atoms with Crippen molar-refractivity contribution in [3.05, 3.63) is 24.5 Å². The Kier molecular flexibility index (Phi) is 1.91. The Morgan fingerprint density at radius 3 is 3.00 bits per heavy atom. The largest absolute Gasteiger partial charge is 0.497 e. The first-order valence-corrected chi connectivity index (χ1v) is 3.68. The van der Waals surface area contributed by atoms with Gasteiger partial charge < -0.3 is 4.74 Å². The number of hydrogen-bond donors (Lipinski definition) is 0. The number of ether oxygens (including phenoxy) is 1. The van der Waals surface area contributed by atoms with E-state index >= 15 is 0 Å². The van der Waals surface area contributed by atoms with E-state index in [-0.39, 0.29) is 0 Å². The average Bonchev–Trinajstić information content (AvgIpc) is 2.71. The van der Waals surface area contributed by atoms with Gasteiger partial charge in [-0.25, -0.2) is 4.63 Å². The van der Waals surface area contributed by atoms with Gasteiger partial charge in [-0.3, -0.25) is 4.98 Å². The Labute approximate surface area is 74.3 Å². The quantitative estimate of drug-likeness (QED) is 0.688. The smallest absolute Gasteiger partial charge is 0.153 e. The highest BCUT2D eigenvalue weighted by Gasteiger charge is 2.04. The van der Waals surface area contributed by atoms with Crippen LogP contribution in [-0.2, 0) is 0 Å². The standard InChI is InChI=1S/C8H7N3O2/c1-12-6-2-3-9-7(4-6)8-5-10-13-11-8/h2-5H,1H3. The summed E-state index contributed by atoms with van der Waals surface area (Å²) in [5.41, 5.74) is 1.28. The van der Waals surface area contributed by atoms with E-state index in [1.807, 2.05) is 0 Å². The van der Waals surface area contributed by atoms with Gasteiger partial charge in [0.15, 0.2) is 5.69 Å². The van der Waals surface area contributed by atoms with Crippen molar-refractivity contribution in [2.75, 3.05) is 7.11 Å². The molecule has 0 saturated heterocycles. The number of aromatic nitrogens is 3. The summed E-state index contributed by atoms with van der Waals surface area (Å²) in [5.74, 6) is 0.730. The third-order valence-corrected chi connectivity index (χ3v) is 1.59. The molecular formula is C8H7N3O2. The summed E-state index contributed by atoms with van der Waals surface area (Å²) in [4.78, 5) is 4.09. The zero-order valence-electron chi connectivity index (χ0n) is 6.97. The summed E-state index contributed by atoms with van der Waals surface area (Å²) in [6.45, 7) is 0. The third-order valence-electron chi connectivity index (χ3n) is 1.59. The second-order valence-electron chi connectivity index (χ2n) is 2.37. The molecule has 0 aliphatic rings. The molecule has 0 atom stereocenters. The van der Waals surface area contributed by atoms with Crippen molar-refractivity contribution in [2.24, 2.45) is 0 Å². The molecule has 0 unspecified atom stereocenters. The van der Waals surface area contributed by atoms with Gasteiger partial charge in [-0.15, -0.1) is 0 Å². The Bertz CT molecular complexity index is 386. The zero-order chi connectivity index (χ0) is 9.10. The lowest BCUT2D eigenvalue weighted by molar-refractivity contribution is 0.308. The first-order chi connectivity index (χ1) is 6.40. The van der Waals surface area contributed by atoms with E-state index in [0.717, 1.165) is 5.75 Å². The van der Waals surface area contributed by atoms with Crippen LogP contribution in [0.4, 0.5) is 0 Å². The highest BCUT2D eigenvalue weighted by molar-refractivity contribution is 5.53. The summed E-state index contributed by atoms with van der Waals surface area (Å²) < 4.78 is 9.50. The van der Waals surface area contributed by atoms with Gasteiger partial charge in [0.1, 0.15) is 11.9 Å². The SMILES string of the molecule is COc1ccnc(-c2cnon2)c1. The van der Waals surface area contributed by atoms with Gasteiger partial charge in [0.05, 0.1) is 12.8 Å². The van der Waals surface area contributed by atoms with Gasteiger partial charge in [0, 0.05) is 12.3 Å². The predicted octanol–water partition coefficient (Wildman–Crippen LogP) is 1.14. The fourth-order valence-corrected chi connectivity index (χ4v) is 0.956. The fraction of sp³-hybridized carbons (Fsp3) is 0.125. The molecule has 0 amide bonds. The summed E-state index contributed by atoms with van der Waals surface area (Å²) in [6.07, 6.45) is 3.14. The summed E-state index contributed by atoms with van der Waals surface area (Å²) in [6, 6.07) is 3.52. The minimum atomic E-state index is 0.596. The molecule has 0 aliphatic heterocycles. The van der Waals surface area contributed by atoms with Crippen molar-refractivity contribution in [1.29, 1.82) is 0 Å². The monoisotopic (exact) mass is 177 g/mol. The Morgan fingerprint density at radius 1 is 1.38 bits per heavy atom. The van der Waals surface area contributed by atoms with Gasteiger partial charge in [-0.1, -0.05) is 5.16 Å². The second kappa shape index (κ2) is 3.22. The molecular weight excluding hydrogens is 170 g/mol. The van der Waals surface area contributed by atoms with Crippen molar-refractivity contribution in [3.8, 4) is 17.1 Å². The molecule has 2 heterocycles. The molecule has 66 valence electrons. The maximum absolute atomic E-state index is 5.03. The average molecular weight is 177 g/mol. The van der Waals surface area contributed by atoms with Crippen molar-refractivity contribution in [3.63, 3.8) is 0 Å². The van der Waals surface area contributed by atoms with Crippen molar-refractivity contribution in [2.45, 2.75) is 0 Å². The van der Waals surface area contributed by atoms with E-state index in [0.29, 0.717) is 11.4 Å². The maximum Gasteiger partial charge on any atom is 0.153 e. The molecule has 0 aliphatic carbocycles. The lowest BCUT2D eigenvalue weighted by Gasteiger charge is -1.99. The van der Waals surface area contributed by atoms with Gasteiger partial charge in [0.2, 0.25) is 0 Å². The van der Waals surface area contributed by atoms with E-state index < -0.39 is 0 Å². The van der Waals surface area contributed by atoms with Crippen LogP contribution in [0.1, 0.15) is 0 Å². The van der Waals surface area contributed by atoms with Gasteiger partial charge in [-0.2, -0.15) is 0 Å². The first kappa shape index (κ1) is 7.72. The minimum absolute atomic E-state index is 0.596. The number of pyridine rings is 1. The Morgan fingerprint density at radius 2 is 2.31 bits per heavy atom. The van der Waals surface area contributed by atoms with E-state index in [4.69, 9.17) is 4.74 Å². The molecule has 2 rings (SSSR count). The maximum atomic E-state index is 5.03. The highest BCUT2D eigenvalue weighted by atomic mass is 16.6. The van der Waals surface area contributed by atoms with Crippen LogP contribution in [0.15, 0.2) is 29.2 Å². The van der Waals surface area contributed by atoms with Crippen LogP contribution in [0.25, 0.3) is 11.4 Å². The molecule has 2 aromatic rings. The topological polar surface area (TPSA) is 61.0 Å². The molecule has 0 aromatic carbocycles. The predicted molar refractivity (Wildman–Crippen MR) is 44.1 cm³/mol. The second-order valence-corrected chi connectivity index (χ2v) is 2.37. The number of rotatable bonds is 2. The zero-order valence-corrected chi connectivity index (χ0v) is 6.97. The normalized spacial score (nSPS) is 9.92. The van der Waals surface area contributed by atoms with Gasteiger partial charge >= 0.3 is 0 Å². The Hall–Kier alpha value is -1.91. The number of methoxy groups -OCH3 is 1. The van der Waals surface area contributed by atoms with Crippen LogP contribution in [0.3, 0.4) is 0 Å². The van der Waals surface area contributed by atoms with E-state index in [1.165, 1.54) is 6.20 Å². The van der Waals surface area contributed by atoms with Crippen molar-refractivity contribution < 1.29 is 9.37 Å². The Balaban J connectivity index is 2.41. The molecule has 0 saturated carbocycles. The highest BCUT2D eigenvalue weighted by Crippen LogP contribution is 2.18. The molecule has 0 bridgehead atoms. The molecule has 0 fully saturated rings. The van der Waals surface area contributed by atoms with Crippen LogP contribution in [-0.4, -0.2) is 22.4 Å². The number of nitrogens with zero attached hydrogens (tertiary/aromatic N) is 3.